The number of amides is 2. The van der Waals surface area contributed by atoms with Gasteiger partial charge in [-0.3, -0.25) is 9.59 Å². The number of aryl methyl sites for hydroxylation is 1. The number of nitrogens with zero attached hydrogens (tertiary/aromatic N) is 2. The highest BCUT2D eigenvalue weighted by atomic mass is 16.2. The molecule has 0 aliphatic rings. The molecule has 0 aliphatic carbocycles. The minimum Gasteiger partial charge on any atom is -0.350 e. The average Bonchev–Trinajstić information content (AvgIpc) is 2.99. The van der Waals surface area contributed by atoms with Crippen molar-refractivity contribution in [1.82, 2.24) is 20.4 Å². The average molecular weight is 328 g/mol. The van der Waals surface area contributed by atoms with E-state index in [2.05, 4.69) is 15.7 Å². The van der Waals surface area contributed by atoms with Crippen LogP contribution in [-0.2, 0) is 16.0 Å². The fourth-order valence-corrected chi connectivity index (χ4v) is 2.20. The molecule has 1 aromatic heterocycles. The van der Waals surface area contributed by atoms with Crippen LogP contribution >= 0.6 is 0 Å². The van der Waals surface area contributed by atoms with Gasteiger partial charge in [0, 0.05) is 18.2 Å². The topological polar surface area (TPSA) is 76.0 Å². The van der Waals surface area contributed by atoms with Crippen LogP contribution in [0.5, 0.6) is 0 Å². The predicted octanol–water partition coefficient (Wildman–Crippen LogP) is 1.84. The second kappa shape index (κ2) is 7.77. The summed E-state index contributed by atoms with van der Waals surface area (Å²) in [7, 11) is 0. The van der Waals surface area contributed by atoms with Gasteiger partial charge in [0.1, 0.15) is 0 Å². The zero-order valence-electron chi connectivity index (χ0n) is 14.4. The van der Waals surface area contributed by atoms with E-state index in [1.54, 1.807) is 10.9 Å². The van der Waals surface area contributed by atoms with E-state index in [4.69, 9.17) is 0 Å². The van der Waals surface area contributed by atoms with Gasteiger partial charge in [-0.15, -0.1) is 0 Å². The zero-order valence-corrected chi connectivity index (χ0v) is 14.4. The number of nitrogens with one attached hydrogen (secondary N) is 2. The smallest absolute Gasteiger partial charge is 0.239 e. The van der Waals surface area contributed by atoms with Gasteiger partial charge in [-0.1, -0.05) is 18.2 Å². The first kappa shape index (κ1) is 17.7. The maximum Gasteiger partial charge on any atom is 0.239 e. The number of rotatable bonds is 6. The Morgan fingerprint density at radius 2 is 1.83 bits per heavy atom. The third kappa shape index (κ3) is 5.87. The summed E-state index contributed by atoms with van der Waals surface area (Å²) >= 11 is 0. The molecule has 2 rings (SSSR count). The number of hydrogen-bond donors (Lipinski definition) is 2. The van der Waals surface area contributed by atoms with Crippen LogP contribution in [0, 0.1) is 0 Å². The van der Waals surface area contributed by atoms with Crippen molar-refractivity contribution in [1.29, 1.82) is 0 Å². The highest BCUT2D eigenvalue weighted by molar-refractivity contribution is 5.85. The van der Waals surface area contributed by atoms with Crippen LogP contribution in [0.15, 0.2) is 42.7 Å². The highest BCUT2D eigenvalue weighted by Crippen LogP contribution is 2.09. The molecule has 128 valence electrons. The molecule has 0 saturated carbocycles. The fraction of sp³-hybridized carbons (Fsp3) is 0.389. The number of aromatic nitrogens is 2. The minimum absolute atomic E-state index is 0.000614. The quantitative estimate of drug-likeness (QED) is 0.849. The van der Waals surface area contributed by atoms with Crippen LogP contribution in [0.1, 0.15) is 32.8 Å². The number of carbonyl (C=O) groups is 2. The summed E-state index contributed by atoms with van der Waals surface area (Å²) in [4.78, 5) is 23.5. The van der Waals surface area contributed by atoms with Crippen LogP contribution in [0.25, 0.3) is 5.69 Å². The summed E-state index contributed by atoms with van der Waals surface area (Å²) in [6.07, 6.45) is 4.57. The van der Waals surface area contributed by atoms with Crippen molar-refractivity contribution in [3.63, 3.8) is 0 Å². The van der Waals surface area contributed by atoms with E-state index in [9.17, 15) is 9.59 Å². The molecule has 1 aromatic carbocycles. The molecule has 6 heteroatoms. The van der Waals surface area contributed by atoms with Gasteiger partial charge < -0.3 is 10.6 Å². The molecule has 0 unspecified atom stereocenters. The first-order valence-electron chi connectivity index (χ1n) is 8.00. The summed E-state index contributed by atoms with van der Waals surface area (Å²) < 4.78 is 1.78. The molecule has 6 nitrogen and oxygen atoms in total. The van der Waals surface area contributed by atoms with Crippen LogP contribution in [0.3, 0.4) is 0 Å². The standard InChI is InChI=1S/C18H24N4O2/c1-18(2,3)21-17(24)12-19-16(23)10-9-14-11-20-22(13-14)15-7-5-4-6-8-15/h4-8,11,13H,9-10,12H2,1-3H3,(H,19,23)(H,21,24). The number of carbonyl (C=O) groups excluding carboxylic acids is 2. The van der Waals surface area contributed by atoms with Gasteiger partial charge in [-0.2, -0.15) is 5.10 Å². The summed E-state index contributed by atoms with van der Waals surface area (Å²) in [5, 5.41) is 9.74. The largest absolute Gasteiger partial charge is 0.350 e. The van der Waals surface area contributed by atoms with Gasteiger partial charge in [-0.25, -0.2) is 4.68 Å². The van der Waals surface area contributed by atoms with Crippen molar-refractivity contribution >= 4 is 11.8 Å². The van der Waals surface area contributed by atoms with Crippen molar-refractivity contribution < 1.29 is 9.59 Å². The number of benzene rings is 1. The van der Waals surface area contributed by atoms with Crippen molar-refractivity contribution in [3.8, 4) is 5.69 Å². The van der Waals surface area contributed by atoms with E-state index in [-0.39, 0.29) is 23.9 Å². The van der Waals surface area contributed by atoms with E-state index in [1.165, 1.54) is 0 Å². The molecule has 2 amide bonds. The molecule has 24 heavy (non-hydrogen) atoms. The molecule has 0 radical (unpaired) electrons. The van der Waals surface area contributed by atoms with Crippen molar-refractivity contribution in [3.05, 3.63) is 48.3 Å². The minimum atomic E-state index is -0.298. The lowest BCUT2D eigenvalue weighted by Gasteiger charge is -2.20. The van der Waals surface area contributed by atoms with Gasteiger partial charge in [0.15, 0.2) is 0 Å². The molecule has 0 aliphatic heterocycles. The second-order valence-corrected chi connectivity index (χ2v) is 6.70. The maximum atomic E-state index is 11.8. The summed E-state index contributed by atoms with van der Waals surface area (Å²) in [6, 6.07) is 9.79. The lowest BCUT2D eigenvalue weighted by molar-refractivity contribution is -0.126. The Labute approximate surface area is 142 Å². The van der Waals surface area contributed by atoms with Crippen LogP contribution in [0.4, 0.5) is 0 Å². The van der Waals surface area contributed by atoms with Crippen molar-refractivity contribution in [2.24, 2.45) is 0 Å². The van der Waals surface area contributed by atoms with Gasteiger partial charge in [0.25, 0.3) is 0 Å². The van der Waals surface area contributed by atoms with Gasteiger partial charge in [0.05, 0.1) is 18.4 Å². The normalized spacial score (nSPS) is 11.1. The van der Waals surface area contributed by atoms with Gasteiger partial charge in [0.2, 0.25) is 11.8 Å². The van der Waals surface area contributed by atoms with E-state index >= 15 is 0 Å². The van der Waals surface area contributed by atoms with Crippen molar-refractivity contribution in [2.45, 2.75) is 39.2 Å². The van der Waals surface area contributed by atoms with Crippen LogP contribution in [0.2, 0.25) is 0 Å². The lowest BCUT2D eigenvalue weighted by Crippen LogP contribution is -2.45. The van der Waals surface area contributed by atoms with Gasteiger partial charge >= 0.3 is 0 Å². The molecule has 0 saturated heterocycles. The predicted molar refractivity (Wildman–Crippen MR) is 92.8 cm³/mol. The first-order valence-corrected chi connectivity index (χ1v) is 8.00. The van der Waals surface area contributed by atoms with E-state index in [0.717, 1.165) is 11.3 Å². The lowest BCUT2D eigenvalue weighted by atomic mass is 10.1. The summed E-state index contributed by atoms with van der Waals surface area (Å²) in [5.41, 5.74) is 1.66. The second-order valence-electron chi connectivity index (χ2n) is 6.70. The molecule has 0 fully saturated rings. The van der Waals surface area contributed by atoms with Crippen LogP contribution in [-0.4, -0.2) is 33.7 Å². The Balaban J connectivity index is 1.76. The van der Waals surface area contributed by atoms with E-state index in [0.29, 0.717) is 12.8 Å². The number of hydrogen-bond acceptors (Lipinski definition) is 3. The Morgan fingerprint density at radius 1 is 1.12 bits per heavy atom. The molecular formula is C18H24N4O2. The fourth-order valence-electron chi connectivity index (χ4n) is 2.20. The molecule has 0 bridgehead atoms. The maximum absolute atomic E-state index is 11.8. The monoisotopic (exact) mass is 328 g/mol. The summed E-state index contributed by atoms with van der Waals surface area (Å²) in [6.45, 7) is 5.70. The molecule has 2 aromatic rings. The Hall–Kier alpha value is -2.63. The van der Waals surface area contributed by atoms with Crippen molar-refractivity contribution in [2.75, 3.05) is 6.54 Å². The molecule has 1 heterocycles. The zero-order chi connectivity index (χ0) is 17.6. The third-order valence-electron chi connectivity index (χ3n) is 3.26. The first-order chi connectivity index (χ1) is 11.3. The SMILES string of the molecule is CC(C)(C)NC(=O)CNC(=O)CCc1cnn(-c2ccccc2)c1. The summed E-state index contributed by atoms with van der Waals surface area (Å²) in [5.74, 6) is -0.334. The highest BCUT2D eigenvalue weighted by Gasteiger charge is 2.14. The third-order valence-corrected chi connectivity index (χ3v) is 3.26. The Bertz CT molecular complexity index is 687. The van der Waals surface area contributed by atoms with Gasteiger partial charge in [-0.05, 0) is 44.9 Å². The molecular weight excluding hydrogens is 304 g/mol. The molecule has 0 atom stereocenters. The Morgan fingerprint density at radius 3 is 2.50 bits per heavy atom. The molecule has 0 spiro atoms. The number of para-hydroxylation sites is 1. The van der Waals surface area contributed by atoms with E-state index < -0.39 is 0 Å². The Kier molecular flexibility index (Phi) is 5.73. The van der Waals surface area contributed by atoms with Crippen LogP contribution < -0.4 is 10.6 Å². The van der Waals surface area contributed by atoms with E-state index in [1.807, 2.05) is 57.3 Å². The molecule has 2 N–H and O–H groups in total.